The number of piperidine rings is 1. The number of hydrogen-bond donors (Lipinski definition) is 0. The molecule has 1 unspecified atom stereocenters. The molecule has 4 rings (SSSR count). The normalized spacial score (nSPS) is 37.8. The number of carbonyl (C=O) groups is 1. The summed E-state index contributed by atoms with van der Waals surface area (Å²) in [5.41, 5.74) is 1.09. The summed E-state index contributed by atoms with van der Waals surface area (Å²) in [7, 11) is 0. The summed E-state index contributed by atoms with van der Waals surface area (Å²) in [6.45, 7) is 3.48. The third kappa shape index (κ3) is 2.84. The van der Waals surface area contributed by atoms with Crippen LogP contribution in [0, 0.1) is 0 Å². The number of fused-ring (bicyclic) bond motifs is 3. The Balaban J connectivity index is 1.42. The molecule has 3 heterocycles. The lowest BCUT2D eigenvalue weighted by molar-refractivity contribution is -0.148. The quantitative estimate of drug-likeness (QED) is 0.506. The Morgan fingerprint density at radius 1 is 1.29 bits per heavy atom. The third-order valence-corrected chi connectivity index (χ3v) is 8.00. The summed E-state index contributed by atoms with van der Waals surface area (Å²) in [5.74, 6) is 1.19. The molecular weight excluding hydrogens is 318 g/mol. The molecule has 0 amide bonds. The number of thioether (sulfide) groups is 1. The van der Waals surface area contributed by atoms with Crippen molar-refractivity contribution in [1.82, 2.24) is 4.90 Å². The molecule has 4 heteroatoms. The molecule has 1 aliphatic carbocycles. The molecule has 24 heavy (non-hydrogen) atoms. The van der Waals surface area contributed by atoms with E-state index in [2.05, 4.69) is 23.6 Å². The zero-order valence-corrected chi connectivity index (χ0v) is 15.8. The van der Waals surface area contributed by atoms with Gasteiger partial charge in [-0.1, -0.05) is 39.0 Å². The van der Waals surface area contributed by atoms with Gasteiger partial charge in [0.2, 0.25) is 0 Å². The molecule has 1 saturated carbocycles. The van der Waals surface area contributed by atoms with E-state index in [-0.39, 0.29) is 11.6 Å². The standard InChI is InChI=1S/C20H31NO2S/c1-2-3-4-5-8-11-24-17-12-15-13-19(22)23-20(15)14-16(17)21-10-7-6-9-18(20)21/h13,16-18H,2-12,14H2,1H3/t16-,17?,18+,20-/m0/s1. The maximum absolute atomic E-state index is 12.0. The molecule has 1 spiro atoms. The van der Waals surface area contributed by atoms with Crippen molar-refractivity contribution in [1.29, 1.82) is 0 Å². The predicted octanol–water partition coefficient (Wildman–Crippen LogP) is 4.31. The smallest absolute Gasteiger partial charge is 0.331 e. The highest BCUT2D eigenvalue weighted by atomic mass is 32.2. The molecule has 3 fully saturated rings. The van der Waals surface area contributed by atoms with E-state index in [1.807, 2.05) is 6.08 Å². The maximum atomic E-state index is 12.0. The van der Waals surface area contributed by atoms with E-state index in [0.29, 0.717) is 17.3 Å². The van der Waals surface area contributed by atoms with Crippen LogP contribution in [0.4, 0.5) is 0 Å². The Kier molecular flexibility index (Phi) is 4.97. The minimum atomic E-state index is -0.236. The molecule has 0 radical (unpaired) electrons. The Hall–Kier alpha value is -0.480. The van der Waals surface area contributed by atoms with Gasteiger partial charge in [0.1, 0.15) is 0 Å². The van der Waals surface area contributed by atoms with Gasteiger partial charge in [0.05, 0.1) is 6.04 Å². The zero-order chi connectivity index (χ0) is 16.6. The van der Waals surface area contributed by atoms with Gasteiger partial charge in [-0.15, -0.1) is 0 Å². The van der Waals surface area contributed by atoms with E-state index < -0.39 is 0 Å². The summed E-state index contributed by atoms with van der Waals surface area (Å²) < 4.78 is 5.95. The highest BCUT2D eigenvalue weighted by molar-refractivity contribution is 7.99. The van der Waals surface area contributed by atoms with Crippen LogP contribution in [0.25, 0.3) is 0 Å². The van der Waals surface area contributed by atoms with Gasteiger partial charge in [0.25, 0.3) is 0 Å². The Labute approximate surface area is 150 Å². The van der Waals surface area contributed by atoms with E-state index in [0.717, 1.165) is 12.8 Å². The number of rotatable bonds is 7. The minimum Gasteiger partial charge on any atom is -0.450 e. The first-order valence-electron chi connectivity index (χ1n) is 10.1. The fraction of sp³-hybridized carbons (Fsp3) is 0.850. The van der Waals surface area contributed by atoms with Gasteiger partial charge in [0.15, 0.2) is 5.60 Å². The van der Waals surface area contributed by atoms with Crippen molar-refractivity contribution in [2.75, 3.05) is 12.3 Å². The van der Waals surface area contributed by atoms with E-state index in [9.17, 15) is 4.79 Å². The van der Waals surface area contributed by atoms with Gasteiger partial charge in [0, 0.05) is 23.8 Å². The van der Waals surface area contributed by atoms with Gasteiger partial charge < -0.3 is 4.74 Å². The van der Waals surface area contributed by atoms with Crippen molar-refractivity contribution in [3.05, 3.63) is 11.6 Å². The average Bonchev–Trinajstić information content (AvgIpc) is 3.07. The van der Waals surface area contributed by atoms with Crippen molar-refractivity contribution < 1.29 is 9.53 Å². The van der Waals surface area contributed by atoms with Crippen LogP contribution in [0.5, 0.6) is 0 Å². The van der Waals surface area contributed by atoms with Gasteiger partial charge in [-0.3, -0.25) is 4.90 Å². The summed E-state index contributed by atoms with van der Waals surface area (Å²) in [4.78, 5) is 14.7. The first-order valence-corrected chi connectivity index (χ1v) is 11.1. The zero-order valence-electron chi connectivity index (χ0n) is 15.0. The van der Waals surface area contributed by atoms with E-state index in [1.165, 1.54) is 69.2 Å². The van der Waals surface area contributed by atoms with Crippen molar-refractivity contribution in [2.45, 2.75) is 94.1 Å². The number of carbonyl (C=O) groups excluding carboxylic acids is 1. The van der Waals surface area contributed by atoms with Crippen LogP contribution in [0.1, 0.15) is 71.1 Å². The average molecular weight is 350 g/mol. The van der Waals surface area contributed by atoms with Crippen molar-refractivity contribution in [2.24, 2.45) is 0 Å². The lowest BCUT2D eigenvalue weighted by atomic mass is 9.77. The second-order valence-electron chi connectivity index (χ2n) is 8.03. The van der Waals surface area contributed by atoms with E-state index in [1.54, 1.807) is 0 Å². The molecule has 3 nitrogen and oxygen atoms in total. The molecule has 3 aliphatic heterocycles. The first-order chi connectivity index (χ1) is 11.7. The minimum absolute atomic E-state index is 0.0820. The third-order valence-electron chi connectivity index (χ3n) is 6.57. The molecule has 4 aliphatic rings. The fourth-order valence-electron chi connectivity index (χ4n) is 5.45. The Morgan fingerprint density at radius 2 is 2.17 bits per heavy atom. The maximum Gasteiger partial charge on any atom is 0.331 e. The van der Waals surface area contributed by atoms with Crippen LogP contribution in [0.2, 0.25) is 0 Å². The molecule has 0 N–H and O–H groups in total. The van der Waals surface area contributed by atoms with Gasteiger partial charge >= 0.3 is 5.97 Å². The second kappa shape index (κ2) is 7.03. The molecule has 2 saturated heterocycles. The number of hydrogen-bond acceptors (Lipinski definition) is 4. The second-order valence-corrected chi connectivity index (χ2v) is 9.38. The first kappa shape index (κ1) is 17.0. The highest BCUT2D eigenvalue weighted by Gasteiger charge is 2.63. The molecule has 0 aromatic carbocycles. The van der Waals surface area contributed by atoms with Crippen molar-refractivity contribution >= 4 is 17.7 Å². The molecule has 134 valence electrons. The van der Waals surface area contributed by atoms with Gasteiger partial charge in [-0.25, -0.2) is 4.79 Å². The van der Waals surface area contributed by atoms with E-state index in [4.69, 9.17) is 4.74 Å². The monoisotopic (exact) mass is 349 g/mol. The van der Waals surface area contributed by atoms with Crippen LogP contribution >= 0.6 is 11.8 Å². The van der Waals surface area contributed by atoms with Crippen LogP contribution in [-0.2, 0) is 9.53 Å². The van der Waals surface area contributed by atoms with Crippen LogP contribution in [-0.4, -0.2) is 46.1 Å². The van der Waals surface area contributed by atoms with E-state index >= 15 is 0 Å². The SMILES string of the molecule is CCCCCCCSC1CC2=CC(=O)O[C@@]23C[C@@H]1N1CCCC[C@@H]13. The van der Waals surface area contributed by atoms with Crippen LogP contribution < -0.4 is 0 Å². The number of nitrogens with zero attached hydrogens (tertiary/aromatic N) is 1. The topological polar surface area (TPSA) is 29.5 Å². The van der Waals surface area contributed by atoms with Crippen molar-refractivity contribution in [3.63, 3.8) is 0 Å². The predicted molar refractivity (Wildman–Crippen MR) is 99.3 cm³/mol. The highest BCUT2D eigenvalue weighted by Crippen LogP contribution is 2.56. The fourth-order valence-corrected chi connectivity index (χ4v) is 6.89. The lowest BCUT2D eigenvalue weighted by Crippen LogP contribution is -2.48. The Bertz CT molecular complexity index is 520. The summed E-state index contributed by atoms with van der Waals surface area (Å²) in [6.07, 6.45) is 14.6. The largest absolute Gasteiger partial charge is 0.450 e. The number of ether oxygens (including phenoxy) is 1. The van der Waals surface area contributed by atoms with Gasteiger partial charge in [-0.2, -0.15) is 11.8 Å². The molecular formula is C20H31NO2S. The van der Waals surface area contributed by atoms with Crippen LogP contribution in [0.3, 0.4) is 0 Å². The molecule has 4 atom stereocenters. The summed E-state index contributed by atoms with van der Waals surface area (Å²) >= 11 is 2.17. The lowest BCUT2D eigenvalue weighted by Gasteiger charge is -2.38. The molecule has 2 bridgehead atoms. The number of esters is 1. The summed E-state index contributed by atoms with van der Waals surface area (Å²) in [5, 5.41) is 0.660. The molecule has 0 aromatic rings. The Morgan fingerprint density at radius 3 is 3.04 bits per heavy atom. The summed E-state index contributed by atoms with van der Waals surface area (Å²) in [6, 6.07) is 1.09. The van der Waals surface area contributed by atoms with Crippen LogP contribution in [0.15, 0.2) is 11.6 Å². The number of unbranched alkanes of at least 4 members (excludes halogenated alkanes) is 4. The molecule has 0 aromatic heterocycles. The van der Waals surface area contributed by atoms with Gasteiger partial charge in [-0.05, 0) is 43.6 Å². The van der Waals surface area contributed by atoms with Crippen molar-refractivity contribution in [3.8, 4) is 0 Å².